The number of carbonyl (C=O) groups is 2. The van der Waals surface area contributed by atoms with E-state index in [1.165, 1.54) is 32.1 Å². The number of aliphatic carboxylic acids is 1. The molecular weight excluding hydrogens is 242 g/mol. The molecule has 1 fully saturated rings. The molecule has 1 aliphatic heterocycles. The van der Waals surface area contributed by atoms with Crippen LogP contribution < -0.4 is 0 Å². The van der Waals surface area contributed by atoms with E-state index in [0.717, 1.165) is 19.3 Å². The molecule has 1 atom stereocenters. The van der Waals surface area contributed by atoms with E-state index in [0.29, 0.717) is 19.4 Å². The van der Waals surface area contributed by atoms with E-state index in [-0.39, 0.29) is 5.91 Å². The van der Waals surface area contributed by atoms with Gasteiger partial charge in [-0.2, -0.15) is 0 Å². The fourth-order valence-electron chi connectivity index (χ4n) is 2.71. The zero-order valence-electron chi connectivity index (χ0n) is 12.1. The van der Waals surface area contributed by atoms with Crippen LogP contribution in [0.3, 0.4) is 0 Å². The van der Waals surface area contributed by atoms with E-state index >= 15 is 0 Å². The van der Waals surface area contributed by atoms with Crippen molar-refractivity contribution in [2.24, 2.45) is 0 Å². The van der Waals surface area contributed by atoms with Gasteiger partial charge in [-0.15, -0.1) is 0 Å². The molecule has 0 bridgehead atoms. The Balaban J connectivity index is 2.20. The summed E-state index contributed by atoms with van der Waals surface area (Å²) in [4.78, 5) is 24.4. The van der Waals surface area contributed by atoms with Crippen molar-refractivity contribution in [2.45, 2.75) is 77.2 Å². The quantitative estimate of drug-likeness (QED) is 0.620. The molecule has 0 aliphatic carbocycles. The lowest BCUT2D eigenvalue weighted by Gasteiger charge is -2.24. The minimum absolute atomic E-state index is 0.00958. The Kier molecular flexibility index (Phi) is 7.53. The van der Waals surface area contributed by atoms with Gasteiger partial charge >= 0.3 is 5.97 Å². The lowest BCUT2D eigenvalue weighted by molar-refractivity contribution is -0.148. The van der Waals surface area contributed by atoms with Gasteiger partial charge in [0.05, 0.1) is 0 Å². The van der Waals surface area contributed by atoms with Crippen molar-refractivity contribution in [2.75, 3.05) is 6.54 Å². The van der Waals surface area contributed by atoms with Gasteiger partial charge in [0.1, 0.15) is 6.04 Å². The SMILES string of the molecule is CCCCCCCCCC(C(=O)O)N1CCCC1=O. The van der Waals surface area contributed by atoms with Crippen molar-refractivity contribution in [3.05, 3.63) is 0 Å². The van der Waals surface area contributed by atoms with Crippen LogP contribution in [0.1, 0.15) is 71.1 Å². The minimum atomic E-state index is -0.846. The minimum Gasteiger partial charge on any atom is -0.480 e. The summed E-state index contributed by atoms with van der Waals surface area (Å²) in [6, 6.07) is -0.592. The van der Waals surface area contributed by atoms with Gasteiger partial charge in [0, 0.05) is 13.0 Å². The number of carbonyl (C=O) groups excluding carboxylic acids is 1. The number of unbranched alkanes of at least 4 members (excludes halogenated alkanes) is 6. The average molecular weight is 269 g/mol. The Morgan fingerprint density at radius 1 is 1.21 bits per heavy atom. The third kappa shape index (κ3) is 5.62. The maximum Gasteiger partial charge on any atom is 0.326 e. The van der Waals surface area contributed by atoms with Crippen molar-refractivity contribution < 1.29 is 14.7 Å². The van der Waals surface area contributed by atoms with Crippen LogP contribution in [-0.2, 0) is 9.59 Å². The fourth-order valence-corrected chi connectivity index (χ4v) is 2.71. The van der Waals surface area contributed by atoms with Gasteiger partial charge in [0.25, 0.3) is 0 Å². The van der Waals surface area contributed by atoms with Crippen LogP contribution in [0, 0.1) is 0 Å². The van der Waals surface area contributed by atoms with Crippen molar-refractivity contribution >= 4 is 11.9 Å². The molecular formula is C15H27NO3. The van der Waals surface area contributed by atoms with Crippen LogP contribution in [-0.4, -0.2) is 34.5 Å². The second-order valence-corrected chi connectivity index (χ2v) is 5.45. The van der Waals surface area contributed by atoms with E-state index in [1.807, 2.05) is 0 Å². The monoisotopic (exact) mass is 269 g/mol. The van der Waals surface area contributed by atoms with Crippen molar-refractivity contribution in [1.29, 1.82) is 0 Å². The van der Waals surface area contributed by atoms with E-state index in [9.17, 15) is 14.7 Å². The first-order valence-electron chi connectivity index (χ1n) is 7.69. The number of amides is 1. The maximum atomic E-state index is 11.6. The summed E-state index contributed by atoms with van der Waals surface area (Å²) >= 11 is 0. The Bertz CT molecular complexity index is 291. The molecule has 0 aromatic carbocycles. The molecule has 1 heterocycles. The number of carboxylic acids is 1. The summed E-state index contributed by atoms with van der Waals surface area (Å²) in [6.07, 6.45) is 10.2. The van der Waals surface area contributed by atoms with Crippen molar-refractivity contribution in [3.63, 3.8) is 0 Å². The highest BCUT2D eigenvalue weighted by Crippen LogP contribution is 2.19. The largest absolute Gasteiger partial charge is 0.480 e. The fraction of sp³-hybridized carbons (Fsp3) is 0.867. The molecule has 1 aliphatic rings. The Morgan fingerprint density at radius 2 is 1.84 bits per heavy atom. The Morgan fingerprint density at radius 3 is 2.37 bits per heavy atom. The smallest absolute Gasteiger partial charge is 0.326 e. The molecule has 110 valence electrons. The third-order valence-electron chi connectivity index (χ3n) is 3.85. The Labute approximate surface area is 116 Å². The molecule has 4 nitrogen and oxygen atoms in total. The van der Waals surface area contributed by atoms with Gasteiger partial charge in [0.15, 0.2) is 0 Å². The molecule has 19 heavy (non-hydrogen) atoms. The van der Waals surface area contributed by atoms with Gasteiger partial charge in [-0.25, -0.2) is 4.79 Å². The molecule has 0 spiro atoms. The summed E-state index contributed by atoms with van der Waals surface area (Å²) in [6.45, 7) is 2.82. The number of carboxylic acid groups (broad SMARTS) is 1. The van der Waals surface area contributed by atoms with Gasteiger partial charge in [-0.3, -0.25) is 4.79 Å². The van der Waals surface area contributed by atoms with Gasteiger partial charge < -0.3 is 10.0 Å². The van der Waals surface area contributed by atoms with E-state index in [2.05, 4.69) is 6.92 Å². The number of nitrogens with zero attached hydrogens (tertiary/aromatic N) is 1. The molecule has 1 N–H and O–H groups in total. The predicted molar refractivity (Wildman–Crippen MR) is 75.0 cm³/mol. The zero-order chi connectivity index (χ0) is 14.1. The van der Waals surface area contributed by atoms with Crippen LogP contribution in [0.2, 0.25) is 0 Å². The van der Waals surface area contributed by atoms with Crippen LogP contribution in [0.25, 0.3) is 0 Å². The molecule has 0 aromatic heterocycles. The van der Waals surface area contributed by atoms with E-state index in [1.54, 1.807) is 4.90 Å². The molecule has 1 saturated heterocycles. The highest BCUT2D eigenvalue weighted by molar-refractivity contribution is 5.84. The predicted octanol–water partition coefficient (Wildman–Crippen LogP) is 3.20. The van der Waals surface area contributed by atoms with Crippen molar-refractivity contribution in [1.82, 2.24) is 4.90 Å². The molecule has 0 radical (unpaired) electrons. The van der Waals surface area contributed by atoms with Crippen LogP contribution >= 0.6 is 0 Å². The molecule has 4 heteroatoms. The first-order chi connectivity index (χ1) is 9.16. The summed E-state index contributed by atoms with van der Waals surface area (Å²) in [5, 5.41) is 9.23. The second kappa shape index (κ2) is 8.94. The average Bonchev–Trinajstić information content (AvgIpc) is 2.78. The molecule has 0 aromatic rings. The van der Waals surface area contributed by atoms with E-state index in [4.69, 9.17) is 0 Å². The summed E-state index contributed by atoms with van der Waals surface area (Å²) in [7, 11) is 0. The maximum absolute atomic E-state index is 11.6. The number of hydrogen-bond donors (Lipinski definition) is 1. The lowest BCUT2D eigenvalue weighted by atomic mass is 10.0. The highest BCUT2D eigenvalue weighted by Gasteiger charge is 2.31. The lowest BCUT2D eigenvalue weighted by Crippen LogP contribution is -2.41. The molecule has 0 saturated carbocycles. The van der Waals surface area contributed by atoms with Gasteiger partial charge in [-0.1, -0.05) is 51.9 Å². The summed E-state index contributed by atoms with van der Waals surface area (Å²) in [5.74, 6) is -0.837. The van der Waals surface area contributed by atoms with E-state index < -0.39 is 12.0 Å². The first kappa shape index (κ1) is 16.0. The second-order valence-electron chi connectivity index (χ2n) is 5.45. The topological polar surface area (TPSA) is 57.6 Å². The number of hydrogen-bond acceptors (Lipinski definition) is 2. The standard InChI is InChI=1S/C15H27NO3/c1-2-3-4-5-6-7-8-10-13(15(18)19)16-12-9-11-14(16)17/h13H,2-12H2,1H3,(H,18,19). The normalized spacial score (nSPS) is 16.9. The third-order valence-corrected chi connectivity index (χ3v) is 3.85. The van der Waals surface area contributed by atoms with Crippen LogP contribution in [0.5, 0.6) is 0 Å². The molecule has 1 unspecified atom stereocenters. The van der Waals surface area contributed by atoms with Crippen LogP contribution in [0.15, 0.2) is 0 Å². The summed E-state index contributed by atoms with van der Waals surface area (Å²) in [5.41, 5.74) is 0. The first-order valence-corrected chi connectivity index (χ1v) is 7.69. The highest BCUT2D eigenvalue weighted by atomic mass is 16.4. The number of likely N-dealkylation sites (tertiary alicyclic amines) is 1. The van der Waals surface area contributed by atoms with Gasteiger partial charge in [-0.05, 0) is 12.8 Å². The zero-order valence-corrected chi connectivity index (χ0v) is 12.1. The summed E-state index contributed by atoms with van der Waals surface area (Å²) < 4.78 is 0. The van der Waals surface area contributed by atoms with Crippen LogP contribution in [0.4, 0.5) is 0 Å². The molecule has 1 rings (SSSR count). The Hall–Kier alpha value is -1.06. The van der Waals surface area contributed by atoms with Crippen molar-refractivity contribution in [3.8, 4) is 0 Å². The van der Waals surface area contributed by atoms with Gasteiger partial charge in [0.2, 0.25) is 5.91 Å². The number of rotatable bonds is 10. The molecule has 1 amide bonds.